The fourth-order valence-corrected chi connectivity index (χ4v) is 5.00. The Morgan fingerprint density at radius 2 is 1.81 bits per heavy atom. The summed E-state index contributed by atoms with van der Waals surface area (Å²) in [5.41, 5.74) is 0.721. The summed E-state index contributed by atoms with van der Waals surface area (Å²) in [6.07, 6.45) is 2.62. The van der Waals surface area contributed by atoms with Crippen molar-refractivity contribution in [3.8, 4) is 5.75 Å². The third kappa shape index (κ3) is 4.91. The van der Waals surface area contributed by atoms with Gasteiger partial charge in [0.2, 0.25) is 11.8 Å². The van der Waals surface area contributed by atoms with E-state index in [0.29, 0.717) is 19.5 Å². The molecule has 0 saturated carbocycles. The molecule has 3 atom stereocenters. The lowest BCUT2D eigenvalue weighted by molar-refractivity contribution is -0.134. The normalized spacial score (nSPS) is 27.9. The number of rotatable bonds is 6. The van der Waals surface area contributed by atoms with Crippen molar-refractivity contribution in [2.45, 2.75) is 50.9 Å². The zero-order valence-electron chi connectivity index (χ0n) is 18.3. The lowest BCUT2D eigenvalue weighted by Crippen LogP contribution is -2.60. The number of benzene rings is 1. The molecule has 168 valence electrons. The summed E-state index contributed by atoms with van der Waals surface area (Å²) in [4.78, 5) is 41.7. The SMILES string of the molecule is COc1ccc(C(=O)C2CCN(C3CCN(CC4NC(=O)CC(C)N4)C3=O)CC2)cc1. The molecule has 8 heteroatoms. The lowest BCUT2D eigenvalue weighted by atomic mass is 9.88. The summed E-state index contributed by atoms with van der Waals surface area (Å²) < 4.78 is 5.16. The molecule has 0 radical (unpaired) electrons. The molecule has 2 N–H and O–H groups in total. The number of ether oxygens (including phenoxy) is 1. The van der Waals surface area contributed by atoms with Crippen LogP contribution in [0.2, 0.25) is 0 Å². The first-order chi connectivity index (χ1) is 14.9. The van der Waals surface area contributed by atoms with Crippen LogP contribution in [0.1, 0.15) is 43.0 Å². The second-order valence-electron chi connectivity index (χ2n) is 8.88. The number of hydrogen-bond acceptors (Lipinski definition) is 6. The zero-order valence-corrected chi connectivity index (χ0v) is 18.3. The standard InChI is InChI=1S/C23H32N4O4/c1-15-13-21(28)25-20(24-15)14-27-12-9-19(23(27)30)26-10-7-17(8-11-26)22(29)16-3-5-18(31-2)6-4-16/h3-6,15,17,19-20,24H,7-14H2,1-2H3,(H,25,28). The third-order valence-electron chi connectivity index (χ3n) is 6.70. The van der Waals surface area contributed by atoms with Gasteiger partial charge in [-0.2, -0.15) is 0 Å². The summed E-state index contributed by atoms with van der Waals surface area (Å²) in [6.45, 7) is 4.70. The van der Waals surface area contributed by atoms with Gasteiger partial charge in [-0.05, 0) is 63.5 Å². The minimum Gasteiger partial charge on any atom is -0.497 e. The number of amides is 2. The van der Waals surface area contributed by atoms with Crippen LogP contribution < -0.4 is 15.4 Å². The van der Waals surface area contributed by atoms with E-state index in [1.54, 1.807) is 7.11 Å². The maximum absolute atomic E-state index is 13.0. The highest BCUT2D eigenvalue weighted by Crippen LogP contribution is 2.27. The van der Waals surface area contributed by atoms with E-state index in [1.807, 2.05) is 36.1 Å². The second-order valence-corrected chi connectivity index (χ2v) is 8.88. The Morgan fingerprint density at radius 3 is 2.45 bits per heavy atom. The number of nitrogens with zero attached hydrogens (tertiary/aromatic N) is 2. The van der Waals surface area contributed by atoms with E-state index in [2.05, 4.69) is 15.5 Å². The number of methoxy groups -OCH3 is 1. The van der Waals surface area contributed by atoms with Crippen LogP contribution in [0.5, 0.6) is 5.75 Å². The predicted octanol–water partition coefficient (Wildman–Crippen LogP) is 1.01. The van der Waals surface area contributed by atoms with Crippen LogP contribution in [-0.2, 0) is 9.59 Å². The molecule has 3 aliphatic heterocycles. The highest BCUT2D eigenvalue weighted by molar-refractivity contribution is 5.98. The van der Waals surface area contributed by atoms with Crippen molar-refractivity contribution in [1.82, 2.24) is 20.4 Å². The molecule has 0 bridgehead atoms. The summed E-state index contributed by atoms with van der Waals surface area (Å²) in [7, 11) is 1.61. The first-order valence-corrected chi connectivity index (χ1v) is 11.2. The molecule has 3 heterocycles. The average molecular weight is 429 g/mol. The van der Waals surface area contributed by atoms with Gasteiger partial charge in [0.1, 0.15) is 5.75 Å². The molecule has 0 spiro atoms. The van der Waals surface area contributed by atoms with Crippen LogP contribution in [0.3, 0.4) is 0 Å². The topological polar surface area (TPSA) is 91.0 Å². The number of piperidine rings is 1. The van der Waals surface area contributed by atoms with Crippen LogP contribution in [0.15, 0.2) is 24.3 Å². The Morgan fingerprint density at radius 1 is 1.10 bits per heavy atom. The number of carbonyl (C=O) groups excluding carboxylic acids is 3. The van der Waals surface area contributed by atoms with Gasteiger partial charge in [-0.25, -0.2) is 0 Å². The lowest BCUT2D eigenvalue weighted by Gasteiger charge is -2.35. The van der Waals surface area contributed by atoms with Crippen LogP contribution >= 0.6 is 0 Å². The van der Waals surface area contributed by atoms with Crippen molar-refractivity contribution in [3.05, 3.63) is 29.8 Å². The molecule has 1 aromatic rings. The Balaban J connectivity index is 1.28. The monoisotopic (exact) mass is 428 g/mol. The predicted molar refractivity (Wildman–Crippen MR) is 116 cm³/mol. The molecule has 3 fully saturated rings. The van der Waals surface area contributed by atoms with Gasteiger partial charge < -0.3 is 15.0 Å². The van der Waals surface area contributed by atoms with Gasteiger partial charge in [0.05, 0.1) is 25.9 Å². The van der Waals surface area contributed by atoms with Crippen LogP contribution in [0, 0.1) is 5.92 Å². The number of Topliss-reactive ketones (excluding diaryl/α,β-unsaturated/α-hetero) is 1. The van der Waals surface area contributed by atoms with Crippen LogP contribution in [0.4, 0.5) is 0 Å². The minimum absolute atomic E-state index is 0.000363. The molecule has 1 aromatic carbocycles. The highest BCUT2D eigenvalue weighted by Gasteiger charge is 2.39. The number of hydrogen-bond donors (Lipinski definition) is 2. The fourth-order valence-electron chi connectivity index (χ4n) is 5.00. The van der Waals surface area contributed by atoms with Crippen molar-refractivity contribution in [2.24, 2.45) is 5.92 Å². The number of likely N-dealkylation sites (tertiary alicyclic amines) is 2. The molecular weight excluding hydrogens is 396 g/mol. The molecule has 0 aromatic heterocycles. The number of ketones is 1. The van der Waals surface area contributed by atoms with E-state index in [1.165, 1.54) is 0 Å². The molecule has 3 aliphatic rings. The summed E-state index contributed by atoms with van der Waals surface area (Å²) in [6, 6.07) is 7.29. The van der Waals surface area contributed by atoms with Gasteiger partial charge in [0, 0.05) is 30.5 Å². The first kappa shape index (κ1) is 21.8. The van der Waals surface area contributed by atoms with Crippen molar-refractivity contribution in [3.63, 3.8) is 0 Å². The quantitative estimate of drug-likeness (QED) is 0.658. The smallest absolute Gasteiger partial charge is 0.240 e. The van der Waals surface area contributed by atoms with E-state index in [-0.39, 0.29) is 41.8 Å². The van der Waals surface area contributed by atoms with Crippen molar-refractivity contribution >= 4 is 17.6 Å². The third-order valence-corrected chi connectivity index (χ3v) is 6.70. The van der Waals surface area contributed by atoms with Gasteiger partial charge >= 0.3 is 0 Å². The first-order valence-electron chi connectivity index (χ1n) is 11.2. The fraction of sp³-hybridized carbons (Fsp3) is 0.609. The molecule has 2 amide bonds. The average Bonchev–Trinajstić information content (AvgIpc) is 3.12. The van der Waals surface area contributed by atoms with Gasteiger partial charge in [0.15, 0.2) is 5.78 Å². The summed E-state index contributed by atoms with van der Waals surface area (Å²) in [5.74, 6) is 1.08. The largest absolute Gasteiger partial charge is 0.497 e. The molecule has 4 rings (SSSR count). The molecule has 31 heavy (non-hydrogen) atoms. The molecule has 3 unspecified atom stereocenters. The van der Waals surface area contributed by atoms with E-state index >= 15 is 0 Å². The van der Waals surface area contributed by atoms with Crippen molar-refractivity contribution in [2.75, 3.05) is 33.3 Å². The molecule has 3 saturated heterocycles. The summed E-state index contributed by atoms with van der Waals surface area (Å²) in [5, 5.41) is 6.27. The maximum atomic E-state index is 13.0. The van der Waals surface area contributed by atoms with E-state index in [0.717, 1.165) is 43.7 Å². The van der Waals surface area contributed by atoms with Crippen LogP contribution in [0.25, 0.3) is 0 Å². The Kier molecular flexibility index (Phi) is 6.57. The number of nitrogens with one attached hydrogen (secondary N) is 2. The molecule has 8 nitrogen and oxygen atoms in total. The maximum Gasteiger partial charge on any atom is 0.240 e. The Bertz CT molecular complexity index is 819. The zero-order chi connectivity index (χ0) is 22.0. The van der Waals surface area contributed by atoms with Gasteiger partial charge in [-0.3, -0.25) is 24.6 Å². The minimum atomic E-state index is -0.188. The Hall–Kier alpha value is -2.45. The molecule has 0 aliphatic carbocycles. The second kappa shape index (κ2) is 9.36. The van der Waals surface area contributed by atoms with Gasteiger partial charge in [0.25, 0.3) is 0 Å². The van der Waals surface area contributed by atoms with Crippen molar-refractivity contribution < 1.29 is 19.1 Å². The number of carbonyl (C=O) groups is 3. The van der Waals surface area contributed by atoms with E-state index in [9.17, 15) is 14.4 Å². The summed E-state index contributed by atoms with van der Waals surface area (Å²) >= 11 is 0. The molecular formula is C23H32N4O4. The highest BCUT2D eigenvalue weighted by atomic mass is 16.5. The Labute approximate surface area is 183 Å². The van der Waals surface area contributed by atoms with Crippen molar-refractivity contribution in [1.29, 1.82) is 0 Å². The van der Waals surface area contributed by atoms with Gasteiger partial charge in [-0.15, -0.1) is 0 Å². The van der Waals surface area contributed by atoms with E-state index < -0.39 is 0 Å². The van der Waals surface area contributed by atoms with Gasteiger partial charge in [-0.1, -0.05) is 0 Å². The van der Waals surface area contributed by atoms with Crippen LogP contribution in [-0.4, -0.2) is 78.9 Å². The van der Waals surface area contributed by atoms with E-state index in [4.69, 9.17) is 4.74 Å².